The highest BCUT2D eigenvalue weighted by atomic mass is 15.4. The lowest BCUT2D eigenvalue weighted by atomic mass is 10.3. The number of nitrogen functional groups attached to an aromatic ring is 1. The van der Waals surface area contributed by atoms with Crippen LogP contribution in [0, 0.1) is 0 Å². The predicted molar refractivity (Wildman–Crippen MR) is 69.7 cm³/mol. The summed E-state index contributed by atoms with van der Waals surface area (Å²) in [6.45, 7) is 0. The molecular formula is C11H14N6. The predicted octanol–water partition coefficient (Wildman–Crippen LogP) is 1.54. The van der Waals surface area contributed by atoms with E-state index in [9.17, 15) is 0 Å². The molecule has 0 radical (unpaired) electrons. The zero-order valence-electron chi connectivity index (χ0n) is 9.44. The lowest BCUT2D eigenvalue weighted by Crippen LogP contribution is -2.13. The Kier molecular flexibility index (Phi) is 3.25. The van der Waals surface area contributed by atoms with Gasteiger partial charge in [0.05, 0.1) is 5.69 Å². The van der Waals surface area contributed by atoms with Crippen LogP contribution in [0.2, 0.25) is 0 Å². The summed E-state index contributed by atoms with van der Waals surface area (Å²) in [5.74, 6) is 1.13. The first-order valence-electron chi connectivity index (χ1n) is 5.16. The van der Waals surface area contributed by atoms with Crippen LogP contribution in [-0.2, 0) is 0 Å². The number of benzene rings is 1. The fourth-order valence-corrected chi connectivity index (χ4v) is 1.35. The van der Waals surface area contributed by atoms with E-state index in [4.69, 9.17) is 5.73 Å². The van der Waals surface area contributed by atoms with Gasteiger partial charge in [-0.25, -0.2) is 9.97 Å². The average molecular weight is 230 g/mol. The molecule has 6 heteroatoms. The molecule has 5 N–H and O–H groups in total. The van der Waals surface area contributed by atoms with Gasteiger partial charge in [-0.1, -0.05) is 18.2 Å². The van der Waals surface area contributed by atoms with E-state index < -0.39 is 0 Å². The number of rotatable bonds is 4. The molecule has 0 bridgehead atoms. The molecule has 0 aliphatic heterocycles. The minimum atomic E-state index is 0.471. The third-order valence-corrected chi connectivity index (χ3v) is 2.22. The van der Waals surface area contributed by atoms with Crippen LogP contribution in [0.15, 0.2) is 36.7 Å². The van der Waals surface area contributed by atoms with Gasteiger partial charge < -0.3 is 11.1 Å². The fourth-order valence-electron chi connectivity index (χ4n) is 1.35. The molecule has 0 spiro atoms. The Morgan fingerprint density at radius 3 is 2.41 bits per heavy atom. The average Bonchev–Trinajstić information content (AvgIpc) is 2.39. The lowest BCUT2D eigenvalue weighted by Gasteiger charge is -2.12. The normalized spacial score (nSPS) is 9.71. The zero-order valence-corrected chi connectivity index (χ0v) is 9.44. The van der Waals surface area contributed by atoms with E-state index in [1.54, 1.807) is 7.05 Å². The molecule has 1 aromatic carbocycles. The zero-order chi connectivity index (χ0) is 12.1. The standard InChI is InChI=1S/C11H14N6/c1-13-10-9(12)11(15-7-14-10)17-16-8-5-3-2-4-6-8/h2-7,16H,12H2,1H3,(H2,13,14,15,17). The van der Waals surface area contributed by atoms with Crippen molar-refractivity contribution in [3.05, 3.63) is 36.7 Å². The molecule has 2 rings (SSSR count). The number of hydrogen-bond acceptors (Lipinski definition) is 6. The third kappa shape index (κ3) is 2.54. The van der Waals surface area contributed by atoms with Gasteiger partial charge in [0.15, 0.2) is 11.6 Å². The Labute approximate surface area is 99.3 Å². The van der Waals surface area contributed by atoms with E-state index >= 15 is 0 Å². The molecule has 88 valence electrons. The molecule has 1 aromatic heterocycles. The van der Waals surface area contributed by atoms with Crippen LogP contribution in [0.25, 0.3) is 0 Å². The minimum Gasteiger partial charge on any atom is -0.393 e. The molecule has 0 amide bonds. The Balaban J connectivity index is 2.09. The van der Waals surface area contributed by atoms with E-state index in [2.05, 4.69) is 26.1 Å². The van der Waals surface area contributed by atoms with Crippen LogP contribution >= 0.6 is 0 Å². The van der Waals surface area contributed by atoms with Crippen molar-refractivity contribution in [2.24, 2.45) is 0 Å². The van der Waals surface area contributed by atoms with Gasteiger partial charge in [-0.15, -0.1) is 0 Å². The molecular weight excluding hydrogens is 216 g/mol. The van der Waals surface area contributed by atoms with Gasteiger partial charge >= 0.3 is 0 Å². The quantitative estimate of drug-likeness (QED) is 0.596. The Bertz CT molecular complexity index is 485. The number of nitrogens with zero attached hydrogens (tertiary/aromatic N) is 2. The Morgan fingerprint density at radius 2 is 1.71 bits per heavy atom. The molecule has 0 aliphatic carbocycles. The van der Waals surface area contributed by atoms with E-state index in [0.717, 1.165) is 5.69 Å². The van der Waals surface area contributed by atoms with E-state index in [0.29, 0.717) is 17.3 Å². The number of nitrogens with two attached hydrogens (primary N) is 1. The van der Waals surface area contributed by atoms with Crippen LogP contribution in [-0.4, -0.2) is 17.0 Å². The number of nitrogens with one attached hydrogen (secondary N) is 3. The van der Waals surface area contributed by atoms with Crippen molar-refractivity contribution in [1.82, 2.24) is 9.97 Å². The molecule has 17 heavy (non-hydrogen) atoms. The summed E-state index contributed by atoms with van der Waals surface area (Å²) >= 11 is 0. The number of aromatic nitrogens is 2. The summed E-state index contributed by atoms with van der Waals surface area (Å²) in [7, 11) is 1.76. The van der Waals surface area contributed by atoms with Crippen LogP contribution in [0.3, 0.4) is 0 Å². The number of anilines is 4. The van der Waals surface area contributed by atoms with Crippen molar-refractivity contribution >= 4 is 23.0 Å². The molecule has 0 atom stereocenters. The first kappa shape index (κ1) is 11.0. The maximum Gasteiger partial charge on any atom is 0.173 e. The second-order valence-corrected chi connectivity index (χ2v) is 3.35. The van der Waals surface area contributed by atoms with Crippen molar-refractivity contribution < 1.29 is 0 Å². The summed E-state index contributed by atoms with van der Waals surface area (Å²) < 4.78 is 0. The van der Waals surface area contributed by atoms with E-state index in [-0.39, 0.29) is 0 Å². The maximum atomic E-state index is 5.87. The van der Waals surface area contributed by atoms with Gasteiger partial charge in [0.2, 0.25) is 0 Å². The van der Waals surface area contributed by atoms with Crippen molar-refractivity contribution in [3.63, 3.8) is 0 Å². The second-order valence-electron chi connectivity index (χ2n) is 3.35. The highest BCUT2D eigenvalue weighted by molar-refractivity contribution is 5.74. The number of hydrazine groups is 1. The van der Waals surface area contributed by atoms with Gasteiger partial charge in [-0.2, -0.15) is 0 Å². The van der Waals surface area contributed by atoms with Gasteiger partial charge in [-0.3, -0.25) is 10.9 Å². The van der Waals surface area contributed by atoms with Crippen LogP contribution in [0.1, 0.15) is 0 Å². The smallest absolute Gasteiger partial charge is 0.173 e. The SMILES string of the molecule is CNc1ncnc(NNc2ccccc2)c1N. The molecule has 0 unspecified atom stereocenters. The first-order valence-corrected chi connectivity index (χ1v) is 5.16. The molecule has 1 heterocycles. The number of para-hydroxylation sites is 1. The molecule has 0 saturated carbocycles. The van der Waals surface area contributed by atoms with E-state index in [1.165, 1.54) is 6.33 Å². The Morgan fingerprint density at radius 1 is 1.00 bits per heavy atom. The van der Waals surface area contributed by atoms with Gasteiger partial charge in [-0.05, 0) is 12.1 Å². The second kappa shape index (κ2) is 5.02. The molecule has 0 aliphatic rings. The highest BCUT2D eigenvalue weighted by Gasteiger charge is 2.05. The maximum absolute atomic E-state index is 5.87. The van der Waals surface area contributed by atoms with Gasteiger partial charge in [0, 0.05) is 7.05 Å². The monoisotopic (exact) mass is 230 g/mol. The topological polar surface area (TPSA) is 87.9 Å². The summed E-state index contributed by atoms with van der Waals surface area (Å²) in [6.07, 6.45) is 1.44. The first-order chi connectivity index (χ1) is 8.31. The summed E-state index contributed by atoms with van der Waals surface area (Å²) in [6, 6.07) is 9.69. The van der Waals surface area contributed by atoms with Crippen molar-refractivity contribution in [2.75, 3.05) is 28.9 Å². The van der Waals surface area contributed by atoms with Gasteiger partial charge in [0.1, 0.15) is 12.0 Å². The van der Waals surface area contributed by atoms with Crippen molar-refractivity contribution in [1.29, 1.82) is 0 Å². The lowest BCUT2D eigenvalue weighted by molar-refractivity contribution is 1.15. The molecule has 6 nitrogen and oxygen atoms in total. The van der Waals surface area contributed by atoms with Crippen LogP contribution in [0.4, 0.5) is 23.0 Å². The van der Waals surface area contributed by atoms with E-state index in [1.807, 2.05) is 30.3 Å². The largest absolute Gasteiger partial charge is 0.393 e. The summed E-state index contributed by atoms with van der Waals surface area (Å²) in [5, 5.41) is 2.89. The third-order valence-electron chi connectivity index (χ3n) is 2.22. The van der Waals surface area contributed by atoms with Crippen molar-refractivity contribution in [3.8, 4) is 0 Å². The number of hydrogen-bond donors (Lipinski definition) is 4. The minimum absolute atomic E-state index is 0.471. The highest BCUT2D eigenvalue weighted by Crippen LogP contribution is 2.21. The van der Waals surface area contributed by atoms with Crippen molar-refractivity contribution in [2.45, 2.75) is 0 Å². The van der Waals surface area contributed by atoms with Gasteiger partial charge in [0.25, 0.3) is 0 Å². The molecule has 0 saturated heterocycles. The molecule has 0 fully saturated rings. The summed E-state index contributed by atoms with van der Waals surface area (Å²) in [5.41, 5.74) is 13.2. The molecule has 2 aromatic rings. The Hall–Kier alpha value is -2.50. The summed E-state index contributed by atoms with van der Waals surface area (Å²) in [4.78, 5) is 8.05. The van der Waals surface area contributed by atoms with Crippen LogP contribution < -0.4 is 21.9 Å². The fraction of sp³-hybridized carbons (Fsp3) is 0.0909. The van der Waals surface area contributed by atoms with Crippen LogP contribution in [0.5, 0.6) is 0 Å².